The van der Waals surface area contributed by atoms with Crippen LogP contribution >= 0.6 is 0 Å². The zero-order chi connectivity index (χ0) is 12.3. The van der Waals surface area contributed by atoms with E-state index in [2.05, 4.69) is 9.97 Å². The SMILES string of the molecule is Cc1ccc(Oc2nccc(CN)n2)cc1F. The van der Waals surface area contributed by atoms with Gasteiger partial charge >= 0.3 is 6.01 Å². The van der Waals surface area contributed by atoms with Crippen LogP contribution < -0.4 is 10.5 Å². The number of benzene rings is 1. The van der Waals surface area contributed by atoms with Crippen molar-refractivity contribution in [3.05, 3.63) is 47.5 Å². The summed E-state index contributed by atoms with van der Waals surface area (Å²) in [4.78, 5) is 7.98. The molecule has 1 heterocycles. The van der Waals surface area contributed by atoms with E-state index in [0.717, 1.165) is 0 Å². The van der Waals surface area contributed by atoms with Gasteiger partial charge in [0.05, 0.1) is 5.69 Å². The second-order valence-electron chi connectivity index (χ2n) is 3.55. The third kappa shape index (κ3) is 2.76. The maximum atomic E-state index is 13.3. The summed E-state index contributed by atoms with van der Waals surface area (Å²) < 4.78 is 18.6. The molecule has 0 amide bonds. The first-order chi connectivity index (χ1) is 8.19. The first kappa shape index (κ1) is 11.5. The van der Waals surface area contributed by atoms with Crippen molar-refractivity contribution in [3.63, 3.8) is 0 Å². The molecule has 0 radical (unpaired) electrons. The molecular formula is C12H12FN3O. The molecule has 0 aliphatic carbocycles. The van der Waals surface area contributed by atoms with Crippen LogP contribution in [0.5, 0.6) is 11.8 Å². The molecule has 2 rings (SSSR count). The summed E-state index contributed by atoms with van der Waals surface area (Å²) in [6.07, 6.45) is 1.55. The predicted octanol–water partition coefficient (Wildman–Crippen LogP) is 2.18. The quantitative estimate of drug-likeness (QED) is 0.882. The van der Waals surface area contributed by atoms with Gasteiger partial charge in [0.2, 0.25) is 0 Å². The van der Waals surface area contributed by atoms with Gasteiger partial charge < -0.3 is 10.5 Å². The van der Waals surface area contributed by atoms with Gasteiger partial charge in [-0.25, -0.2) is 9.37 Å². The zero-order valence-electron chi connectivity index (χ0n) is 9.35. The van der Waals surface area contributed by atoms with Gasteiger partial charge in [-0.05, 0) is 24.6 Å². The Balaban J connectivity index is 2.22. The van der Waals surface area contributed by atoms with Crippen LogP contribution in [0.15, 0.2) is 30.5 Å². The van der Waals surface area contributed by atoms with Crippen molar-refractivity contribution in [2.45, 2.75) is 13.5 Å². The predicted molar refractivity (Wildman–Crippen MR) is 61.1 cm³/mol. The van der Waals surface area contributed by atoms with Gasteiger partial charge in [-0.2, -0.15) is 4.98 Å². The number of hydrogen-bond acceptors (Lipinski definition) is 4. The maximum absolute atomic E-state index is 13.3. The highest BCUT2D eigenvalue weighted by atomic mass is 19.1. The average Bonchev–Trinajstić information content (AvgIpc) is 2.34. The topological polar surface area (TPSA) is 61.0 Å². The van der Waals surface area contributed by atoms with Crippen LogP contribution in [0.4, 0.5) is 4.39 Å². The standard InChI is InChI=1S/C12H12FN3O/c1-8-2-3-10(6-11(8)13)17-12-15-5-4-9(7-14)16-12/h2-6H,7,14H2,1H3. The van der Waals surface area contributed by atoms with E-state index < -0.39 is 0 Å². The van der Waals surface area contributed by atoms with E-state index in [4.69, 9.17) is 10.5 Å². The monoisotopic (exact) mass is 233 g/mol. The van der Waals surface area contributed by atoms with Gasteiger partial charge in [0.1, 0.15) is 11.6 Å². The lowest BCUT2D eigenvalue weighted by Crippen LogP contribution is -2.01. The lowest BCUT2D eigenvalue weighted by atomic mass is 10.2. The summed E-state index contributed by atoms with van der Waals surface area (Å²) in [6.45, 7) is 1.99. The van der Waals surface area contributed by atoms with Crippen LogP contribution in [0.3, 0.4) is 0 Å². The Labute approximate surface area is 98.3 Å². The van der Waals surface area contributed by atoms with Crippen molar-refractivity contribution in [1.29, 1.82) is 0 Å². The number of ether oxygens (including phenoxy) is 1. The molecule has 0 fully saturated rings. The van der Waals surface area contributed by atoms with Gasteiger partial charge in [0.25, 0.3) is 0 Å². The number of rotatable bonds is 3. The summed E-state index contributed by atoms with van der Waals surface area (Å²) in [6, 6.07) is 6.46. The second kappa shape index (κ2) is 4.88. The molecule has 0 unspecified atom stereocenters. The van der Waals surface area contributed by atoms with Crippen LogP contribution in [-0.2, 0) is 6.54 Å². The highest BCUT2D eigenvalue weighted by Crippen LogP contribution is 2.20. The molecule has 5 heteroatoms. The summed E-state index contributed by atoms with van der Waals surface area (Å²) in [7, 11) is 0. The maximum Gasteiger partial charge on any atom is 0.322 e. The fourth-order valence-electron chi connectivity index (χ4n) is 1.28. The molecule has 88 valence electrons. The molecule has 0 atom stereocenters. The van der Waals surface area contributed by atoms with Gasteiger partial charge in [-0.3, -0.25) is 0 Å². The Hall–Kier alpha value is -2.01. The largest absolute Gasteiger partial charge is 0.424 e. The van der Waals surface area contributed by atoms with Crippen LogP contribution in [0.1, 0.15) is 11.3 Å². The molecule has 4 nitrogen and oxygen atoms in total. The summed E-state index contributed by atoms with van der Waals surface area (Å²) in [5.41, 5.74) is 6.68. The third-order valence-corrected chi connectivity index (χ3v) is 2.25. The number of aryl methyl sites for hydroxylation is 1. The number of aromatic nitrogens is 2. The minimum Gasteiger partial charge on any atom is -0.424 e. The average molecular weight is 233 g/mol. The molecule has 0 aliphatic heterocycles. The van der Waals surface area contributed by atoms with Crippen LogP contribution in [0.2, 0.25) is 0 Å². The molecule has 2 N–H and O–H groups in total. The van der Waals surface area contributed by atoms with Crippen molar-refractivity contribution in [2.24, 2.45) is 5.73 Å². The van der Waals surface area contributed by atoms with E-state index in [9.17, 15) is 4.39 Å². The van der Waals surface area contributed by atoms with E-state index >= 15 is 0 Å². The normalized spacial score (nSPS) is 10.3. The summed E-state index contributed by atoms with van der Waals surface area (Å²) >= 11 is 0. The second-order valence-corrected chi connectivity index (χ2v) is 3.55. The fraction of sp³-hybridized carbons (Fsp3) is 0.167. The third-order valence-electron chi connectivity index (χ3n) is 2.25. The Morgan fingerprint density at radius 1 is 1.35 bits per heavy atom. The van der Waals surface area contributed by atoms with Gasteiger partial charge in [-0.1, -0.05) is 6.07 Å². The number of halogens is 1. The molecule has 0 bridgehead atoms. The minimum absolute atomic E-state index is 0.163. The van der Waals surface area contributed by atoms with Crippen LogP contribution in [0.25, 0.3) is 0 Å². The van der Waals surface area contributed by atoms with Crippen LogP contribution in [-0.4, -0.2) is 9.97 Å². The lowest BCUT2D eigenvalue weighted by Gasteiger charge is -2.05. The number of nitrogens with zero attached hydrogens (tertiary/aromatic N) is 2. The molecule has 0 saturated carbocycles. The molecule has 0 spiro atoms. The highest BCUT2D eigenvalue weighted by Gasteiger charge is 2.04. The van der Waals surface area contributed by atoms with Gasteiger partial charge in [0.15, 0.2) is 0 Å². The van der Waals surface area contributed by atoms with E-state index in [-0.39, 0.29) is 11.8 Å². The van der Waals surface area contributed by atoms with Gasteiger partial charge in [-0.15, -0.1) is 0 Å². The minimum atomic E-state index is -0.322. The highest BCUT2D eigenvalue weighted by molar-refractivity contribution is 5.29. The molecule has 0 saturated heterocycles. The van der Waals surface area contributed by atoms with Crippen molar-refractivity contribution in [2.75, 3.05) is 0 Å². The van der Waals surface area contributed by atoms with Crippen molar-refractivity contribution >= 4 is 0 Å². The Morgan fingerprint density at radius 2 is 2.18 bits per heavy atom. The number of hydrogen-bond donors (Lipinski definition) is 1. The molecule has 1 aromatic carbocycles. The first-order valence-electron chi connectivity index (χ1n) is 5.15. The van der Waals surface area contributed by atoms with Crippen LogP contribution in [0, 0.1) is 12.7 Å². The molecule has 17 heavy (non-hydrogen) atoms. The number of nitrogens with two attached hydrogens (primary N) is 1. The Morgan fingerprint density at radius 3 is 2.88 bits per heavy atom. The fourth-order valence-corrected chi connectivity index (χ4v) is 1.28. The van der Waals surface area contributed by atoms with E-state index in [1.165, 1.54) is 6.07 Å². The Kier molecular flexibility index (Phi) is 3.30. The van der Waals surface area contributed by atoms with E-state index in [1.54, 1.807) is 31.3 Å². The zero-order valence-corrected chi connectivity index (χ0v) is 9.35. The summed E-state index contributed by atoms with van der Waals surface area (Å²) in [5, 5.41) is 0. The van der Waals surface area contributed by atoms with Crippen molar-refractivity contribution in [1.82, 2.24) is 9.97 Å². The van der Waals surface area contributed by atoms with Gasteiger partial charge in [0, 0.05) is 18.8 Å². The molecule has 2 aromatic rings. The molecule has 0 aliphatic rings. The lowest BCUT2D eigenvalue weighted by molar-refractivity contribution is 0.435. The van der Waals surface area contributed by atoms with Crippen molar-refractivity contribution < 1.29 is 9.13 Å². The Bertz CT molecular complexity index is 531. The molecular weight excluding hydrogens is 221 g/mol. The first-order valence-corrected chi connectivity index (χ1v) is 5.15. The van der Waals surface area contributed by atoms with E-state index in [0.29, 0.717) is 23.6 Å². The van der Waals surface area contributed by atoms with E-state index in [1.807, 2.05) is 0 Å². The smallest absolute Gasteiger partial charge is 0.322 e. The molecule has 1 aromatic heterocycles. The van der Waals surface area contributed by atoms with Crippen molar-refractivity contribution in [3.8, 4) is 11.8 Å². The summed E-state index contributed by atoms with van der Waals surface area (Å²) in [5.74, 6) is 0.0414.